The van der Waals surface area contributed by atoms with Gasteiger partial charge in [0.1, 0.15) is 11.5 Å². The van der Waals surface area contributed by atoms with E-state index >= 15 is 0 Å². The van der Waals surface area contributed by atoms with E-state index in [1.54, 1.807) is 24.7 Å². The van der Waals surface area contributed by atoms with Crippen molar-refractivity contribution in [3.05, 3.63) is 70.4 Å². The van der Waals surface area contributed by atoms with Crippen molar-refractivity contribution in [3.8, 4) is 11.5 Å². The van der Waals surface area contributed by atoms with E-state index in [0.29, 0.717) is 25.2 Å². The molecule has 0 aromatic heterocycles. The average Bonchev–Trinajstić information content (AvgIpc) is 3.46. The third-order valence-corrected chi connectivity index (χ3v) is 9.06. The molecule has 45 heavy (non-hydrogen) atoms. The molecule has 239 valence electrons. The van der Waals surface area contributed by atoms with Crippen LogP contribution < -0.4 is 5.32 Å². The fourth-order valence-electron chi connectivity index (χ4n) is 6.22. The average molecular weight is 614 g/mol. The molecule has 0 spiro atoms. The number of piperazine rings is 1. The number of fused-ring (bicyclic) bond motifs is 1. The zero-order chi connectivity index (χ0) is 31.9. The lowest BCUT2D eigenvalue weighted by Gasteiger charge is -2.34. The molecule has 10 nitrogen and oxygen atoms in total. The maximum absolute atomic E-state index is 13.3. The Labute approximate surface area is 267 Å². The standard InChI is InChI=1S/C34H46BN6O4/c1-24(2)29-19-30(32(43)20-31(29)42)34(45)40-22-27-9-8-26(18-28(27)23-40)21-39-16-14-38(15-17-39)12-6-4-5-10-36-33(44)25(3)41-13-7-11-37-35-41/h7-9,11,13,18-20,24-25,42-43H,4-6,10,12,14-17,21-23H2,1-3H3,(H,36,44). The number of aromatic hydroxyl groups is 2. The lowest BCUT2D eigenvalue weighted by Crippen LogP contribution is -2.46. The molecule has 3 aliphatic heterocycles. The number of hydrogen-bond donors (Lipinski definition) is 3. The lowest BCUT2D eigenvalue weighted by molar-refractivity contribution is -0.123. The first-order valence-corrected chi connectivity index (χ1v) is 16.2. The number of nitrogens with one attached hydrogen (secondary N) is 1. The van der Waals surface area contributed by atoms with E-state index in [0.717, 1.165) is 69.7 Å². The number of amides is 2. The van der Waals surface area contributed by atoms with E-state index in [9.17, 15) is 19.8 Å². The Morgan fingerprint density at radius 3 is 2.42 bits per heavy atom. The Kier molecular flexibility index (Phi) is 10.8. The molecular formula is C34H46BN6O4. The molecule has 1 radical (unpaired) electrons. The van der Waals surface area contributed by atoms with Gasteiger partial charge < -0.3 is 35.0 Å². The van der Waals surface area contributed by atoms with Crippen molar-refractivity contribution in [2.45, 2.75) is 71.6 Å². The Hall–Kier alpha value is -3.83. The zero-order valence-corrected chi connectivity index (χ0v) is 26.8. The van der Waals surface area contributed by atoms with Crippen LogP contribution in [0.3, 0.4) is 0 Å². The van der Waals surface area contributed by atoms with Crippen molar-refractivity contribution in [2.24, 2.45) is 4.90 Å². The van der Waals surface area contributed by atoms with Crippen molar-refractivity contribution >= 4 is 25.6 Å². The summed E-state index contributed by atoms with van der Waals surface area (Å²) < 4.78 is 0. The maximum atomic E-state index is 13.3. The van der Waals surface area contributed by atoms with Gasteiger partial charge in [0.25, 0.3) is 5.91 Å². The molecule has 1 fully saturated rings. The van der Waals surface area contributed by atoms with E-state index in [1.807, 2.05) is 37.9 Å². The second kappa shape index (κ2) is 15.0. The molecule has 2 amide bonds. The normalized spacial score (nSPS) is 17.4. The van der Waals surface area contributed by atoms with Crippen LogP contribution in [0.25, 0.3) is 0 Å². The molecule has 0 aliphatic carbocycles. The number of phenolic OH excluding ortho intramolecular Hbond substituents is 2. The van der Waals surface area contributed by atoms with Crippen LogP contribution in [0.5, 0.6) is 11.5 Å². The van der Waals surface area contributed by atoms with Gasteiger partial charge in [-0.1, -0.05) is 38.5 Å². The van der Waals surface area contributed by atoms with Crippen LogP contribution in [0.4, 0.5) is 0 Å². The van der Waals surface area contributed by atoms with Gasteiger partial charge in [-0.25, -0.2) is 0 Å². The lowest BCUT2D eigenvalue weighted by atomic mass is 9.98. The Morgan fingerprint density at radius 1 is 0.933 bits per heavy atom. The molecule has 3 heterocycles. The Bertz CT molecular complexity index is 1420. The van der Waals surface area contributed by atoms with E-state index in [4.69, 9.17) is 0 Å². The summed E-state index contributed by atoms with van der Waals surface area (Å²) in [6, 6.07) is 9.15. The number of unbranched alkanes of at least 4 members (excludes halogenated alkanes) is 2. The van der Waals surface area contributed by atoms with Crippen molar-refractivity contribution < 1.29 is 19.8 Å². The van der Waals surface area contributed by atoms with E-state index < -0.39 is 0 Å². The molecule has 0 bridgehead atoms. The number of carbonyl (C=O) groups is 2. The summed E-state index contributed by atoms with van der Waals surface area (Å²) in [5.41, 5.74) is 4.44. The third-order valence-electron chi connectivity index (χ3n) is 9.06. The molecule has 1 saturated heterocycles. The molecule has 1 unspecified atom stereocenters. The predicted octanol–water partition coefficient (Wildman–Crippen LogP) is 3.60. The summed E-state index contributed by atoms with van der Waals surface area (Å²) in [4.78, 5) is 38.4. The molecule has 1 atom stereocenters. The van der Waals surface area contributed by atoms with E-state index in [2.05, 4.69) is 38.2 Å². The molecule has 2 aromatic carbocycles. The van der Waals surface area contributed by atoms with Gasteiger partial charge in [0.15, 0.2) is 0 Å². The second-order valence-corrected chi connectivity index (χ2v) is 12.7. The Morgan fingerprint density at radius 2 is 1.69 bits per heavy atom. The summed E-state index contributed by atoms with van der Waals surface area (Å²) in [7, 11) is 1.67. The summed E-state index contributed by atoms with van der Waals surface area (Å²) in [6.07, 6.45) is 8.58. The predicted molar refractivity (Wildman–Crippen MR) is 177 cm³/mol. The highest BCUT2D eigenvalue weighted by molar-refractivity contribution is 6.34. The van der Waals surface area contributed by atoms with Gasteiger partial charge in [0.2, 0.25) is 5.91 Å². The highest BCUT2D eigenvalue weighted by Crippen LogP contribution is 2.34. The zero-order valence-electron chi connectivity index (χ0n) is 26.8. The monoisotopic (exact) mass is 613 g/mol. The summed E-state index contributed by atoms with van der Waals surface area (Å²) in [6.45, 7) is 13.6. The molecular weight excluding hydrogens is 567 g/mol. The number of rotatable bonds is 12. The van der Waals surface area contributed by atoms with Crippen molar-refractivity contribution in [2.75, 3.05) is 39.3 Å². The molecule has 3 N–H and O–H groups in total. The van der Waals surface area contributed by atoms with Crippen LogP contribution >= 0.6 is 0 Å². The van der Waals surface area contributed by atoms with Crippen molar-refractivity contribution in [1.29, 1.82) is 0 Å². The smallest absolute Gasteiger partial charge is 0.411 e. The van der Waals surface area contributed by atoms with Crippen molar-refractivity contribution in [3.63, 3.8) is 0 Å². The largest absolute Gasteiger partial charge is 0.508 e. The van der Waals surface area contributed by atoms with Crippen molar-refractivity contribution in [1.82, 2.24) is 24.8 Å². The first-order valence-electron chi connectivity index (χ1n) is 16.2. The number of phenols is 2. The van der Waals surface area contributed by atoms with Crippen LogP contribution in [0.2, 0.25) is 0 Å². The van der Waals surface area contributed by atoms with Gasteiger partial charge in [-0.15, -0.1) is 0 Å². The maximum Gasteiger partial charge on any atom is 0.411 e. The minimum absolute atomic E-state index is 0.0127. The van der Waals surface area contributed by atoms with Crippen LogP contribution in [-0.4, -0.2) is 101 Å². The molecule has 3 aliphatic rings. The number of nitrogens with zero attached hydrogens (tertiary/aromatic N) is 5. The first kappa shape index (κ1) is 32.6. The molecule has 5 rings (SSSR count). The highest BCUT2D eigenvalue weighted by atomic mass is 16.3. The minimum atomic E-state index is -0.268. The molecule has 11 heteroatoms. The Balaban J connectivity index is 1.00. The topological polar surface area (TPSA) is 112 Å². The van der Waals surface area contributed by atoms with E-state index in [-0.39, 0.29) is 40.8 Å². The van der Waals surface area contributed by atoms with Gasteiger partial charge in [-0.2, -0.15) is 0 Å². The first-order chi connectivity index (χ1) is 21.7. The summed E-state index contributed by atoms with van der Waals surface area (Å²) >= 11 is 0. The number of allylic oxidation sites excluding steroid dienone is 1. The second-order valence-electron chi connectivity index (χ2n) is 12.7. The van der Waals surface area contributed by atoms with Gasteiger partial charge in [-0.3, -0.25) is 14.5 Å². The third kappa shape index (κ3) is 8.26. The van der Waals surface area contributed by atoms with Crippen LogP contribution in [-0.2, 0) is 24.4 Å². The fourth-order valence-corrected chi connectivity index (χ4v) is 6.22. The minimum Gasteiger partial charge on any atom is -0.508 e. The van der Waals surface area contributed by atoms with Crippen LogP contribution in [0.1, 0.15) is 78.6 Å². The summed E-state index contributed by atoms with van der Waals surface area (Å²) in [5, 5.41) is 23.6. The van der Waals surface area contributed by atoms with Crippen LogP contribution in [0, 0.1) is 0 Å². The quantitative estimate of drug-likeness (QED) is 0.248. The van der Waals surface area contributed by atoms with Crippen LogP contribution in [0.15, 0.2) is 47.5 Å². The number of carbonyl (C=O) groups excluding carboxylic acids is 2. The van der Waals surface area contributed by atoms with E-state index in [1.165, 1.54) is 11.6 Å². The molecule has 2 aromatic rings. The fraction of sp³-hybridized carbons (Fsp3) is 0.500. The molecule has 0 saturated carbocycles. The van der Waals surface area contributed by atoms with Gasteiger partial charge in [0.05, 0.1) is 11.6 Å². The van der Waals surface area contributed by atoms with Gasteiger partial charge in [-0.05, 0) is 72.8 Å². The highest BCUT2D eigenvalue weighted by Gasteiger charge is 2.28. The van der Waals surface area contributed by atoms with Gasteiger partial charge >= 0.3 is 7.55 Å². The summed E-state index contributed by atoms with van der Waals surface area (Å²) in [5.74, 6) is -0.336. The number of hydrogen-bond acceptors (Lipinski definition) is 8. The number of benzene rings is 2. The van der Waals surface area contributed by atoms with Gasteiger partial charge in [0, 0.05) is 64.6 Å². The SMILES string of the molecule is CC(C)c1cc(C(=O)N2Cc3ccc(CN4CCN(CCCCCNC(=O)C(C)N5[B]N=CC=C5)CC4)cc3C2)c(O)cc1O.